The van der Waals surface area contributed by atoms with Crippen molar-refractivity contribution in [2.24, 2.45) is 11.3 Å². The summed E-state index contributed by atoms with van der Waals surface area (Å²) in [7, 11) is 0. The molecule has 1 aromatic heterocycles. The van der Waals surface area contributed by atoms with Crippen LogP contribution in [0, 0.1) is 32.1 Å². The number of hydrogen-bond donors (Lipinski definition) is 2. The molecule has 0 radical (unpaired) electrons. The van der Waals surface area contributed by atoms with Gasteiger partial charge in [0.2, 0.25) is 0 Å². The van der Waals surface area contributed by atoms with Crippen molar-refractivity contribution in [2.45, 2.75) is 72.3 Å². The second kappa shape index (κ2) is 7.33. The van der Waals surface area contributed by atoms with E-state index in [0.717, 1.165) is 40.3 Å². The predicted molar refractivity (Wildman–Crippen MR) is 118 cm³/mol. The van der Waals surface area contributed by atoms with Crippen molar-refractivity contribution >= 4 is 17.1 Å². The van der Waals surface area contributed by atoms with Gasteiger partial charge in [0.1, 0.15) is 0 Å². The van der Waals surface area contributed by atoms with Crippen molar-refractivity contribution in [3.63, 3.8) is 0 Å². The molecule has 3 atom stereocenters. The minimum atomic E-state index is -0.722. The van der Waals surface area contributed by atoms with Crippen LogP contribution in [0.5, 0.6) is 0 Å². The predicted octanol–water partition coefficient (Wildman–Crippen LogP) is 4.68. The molecule has 2 aromatic rings. The summed E-state index contributed by atoms with van der Waals surface area (Å²) in [4.78, 5) is 15.4. The van der Waals surface area contributed by atoms with E-state index in [1.54, 1.807) is 11.3 Å². The number of benzene rings is 1. The van der Waals surface area contributed by atoms with Crippen molar-refractivity contribution in [1.82, 2.24) is 0 Å². The molecule has 4 heteroatoms. The highest BCUT2D eigenvalue weighted by Crippen LogP contribution is 2.71. The zero-order chi connectivity index (χ0) is 21.1. The van der Waals surface area contributed by atoms with E-state index in [1.807, 2.05) is 13.8 Å². The van der Waals surface area contributed by atoms with Gasteiger partial charge in [-0.1, -0.05) is 26.0 Å². The zero-order valence-corrected chi connectivity index (χ0v) is 18.9. The molecule has 0 saturated heterocycles. The number of fused-ring (bicyclic) bond motifs is 3. The molecule has 0 bridgehead atoms. The fourth-order valence-corrected chi connectivity index (χ4v) is 6.78. The number of carbonyl (C=O) groups excluding carboxylic acids is 1. The number of rotatable bonds is 7. The highest BCUT2D eigenvalue weighted by atomic mass is 32.1. The molecule has 1 heterocycles. The first-order valence-corrected chi connectivity index (χ1v) is 11.5. The molecule has 29 heavy (non-hydrogen) atoms. The Bertz CT molecular complexity index is 946. The first-order chi connectivity index (χ1) is 13.6. The van der Waals surface area contributed by atoms with Gasteiger partial charge in [0.05, 0.1) is 17.6 Å². The van der Waals surface area contributed by atoms with E-state index in [4.69, 9.17) is 5.11 Å². The SMILES string of the molecule is Cc1cc(CCC(=O)c2sc(C)c3c2C[C@@H]2[C@H]3C2(C)C)cc(C)c1CC(O)CO. The summed E-state index contributed by atoms with van der Waals surface area (Å²) >= 11 is 1.71. The molecule has 2 aliphatic rings. The monoisotopic (exact) mass is 412 g/mol. The van der Waals surface area contributed by atoms with Gasteiger partial charge in [-0.15, -0.1) is 11.3 Å². The van der Waals surface area contributed by atoms with Crippen molar-refractivity contribution in [1.29, 1.82) is 0 Å². The Morgan fingerprint density at radius 3 is 2.52 bits per heavy atom. The molecule has 4 rings (SSSR count). The third-order valence-electron chi connectivity index (χ3n) is 7.32. The summed E-state index contributed by atoms with van der Waals surface area (Å²) in [6.07, 6.45) is 2.11. The molecule has 0 spiro atoms. The summed E-state index contributed by atoms with van der Waals surface area (Å²) in [5, 5.41) is 18.9. The number of ketones is 1. The fraction of sp³-hybridized carbons (Fsp3) is 0.560. The van der Waals surface area contributed by atoms with Crippen molar-refractivity contribution in [2.75, 3.05) is 6.61 Å². The maximum absolute atomic E-state index is 13.0. The largest absolute Gasteiger partial charge is 0.394 e. The minimum absolute atomic E-state index is 0.224. The number of aliphatic hydroxyl groups excluding tert-OH is 2. The second-order valence-electron chi connectivity index (χ2n) is 9.66. The van der Waals surface area contributed by atoms with Crippen LogP contribution < -0.4 is 0 Å². The van der Waals surface area contributed by atoms with Crippen LogP contribution in [0.25, 0.3) is 0 Å². The van der Waals surface area contributed by atoms with Crippen LogP contribution in [-0.2, 0) is 19.3 Å². The lowest BCUT2D eigenvalue weighted by Gasteiger charge is -2.15. The molecule has 1 fully saturated rings. The Morgan fingerprint density at radius 1 is 1.24 bits per heavy atom. The second-order valence-corrected chi connectivity index (χ2v) is 10.9. The van der Waals surface area contributed by atoms with E-state index in [-0.39, 0.29) is 12.4 Å². The Kier molecular flexibility index (Phi) is 5.25. The van der Waals surface area contributed by atoms with Gasteiger partial charge >= 0.3 is 0 Å². The molecular weight excluding hydrogens is 380 g/mol. The number of Topliss-reactive ketones (excluding diaryl/α,β-unsaturated/α-hetero) is 1. The van der Waals surface area contributed by atoms with E-state index in [0.29, 0.717) is 24.2 Å². The molecule has 2 N–H and O–H groups in total. The highest BCUT2D eigenvalue weighted by molar-refractivity contribution is 7.14. The third kappa shape index (κ3) is 3.49. The van der Waals surface area contributed by atoms with Gasteiger partial charge in [0, 0.05) is 17.7 Å². The Balaban J connectivity index is 1.46. The smallest absolute Gasteiger partial charge is 0.173 e. The van der Waals surface area contributed by atoms with Crippen LogP contribution >= 0.6 is 11.3 Å². The number of thiophene rings is 1. The Labute approximate surface area is 177 Å². The highest BCUT2D eigenvalue weighted by Gasteiger charge is 2.63. The molecular formula is C25H32O3S. The minimum Gasteiger partial charge on any atom is -0.394 e. The summed E-state index contributed by atoms with van der Waals surface area (Å²) in [6, 6.07) is 4.25. The lowest BCUT2D eigenvalue weighted by molar-refractivity contribution is 0.0952. The molecule has 0 amide bonds. The number of carbonyl (C=O) groups is 1. The fourth-order valence-electron chi connectivity index (χ4n) is 5.58. The van der Waals surface area contributed by atoms with Gasteiger partial charge in [-0.2, -0.15) is 0 Å². The molecule has 2 aliphatic carbocycles. The first-order valence-electron chi connectivity index (χ1n) is 10.7. The van der Waals surface area contributed by atoms with E-state index in [2.05, 4.69) is 32.9 Å². The van der Waals surface area contributed by atoms with Gasteiger partial charge in [0.15, 0.2) is 5.78 Å². The van der Waals surface area contributed by atoms with Gasteiger partial charge < -0.3 is 10.2 Å². The van der Waals surface area contributed by atoms with Crippen molar-refractivity contribution in [3.8, 4) is 0 Å². The van der Waals surface area contributed by atoms with Crippen molar-refractivity contribution < 1.29 is 15.0 Å². The summed E-state index contributed by atoms with van der Waals surface area (Å²) in [6.45, 7) is 10.8. The van der Waals surface area contributed by atoms with Gasteiger partial charge in [-0.25, -0.2) is 0 Å². The van der Waals surface area contributed by atoms with Crippen LogP contribution in [0.1, 0.15) is 74.1 Å². The molecule has 156 valence electrons. The molecule has 1 saturated carbocycles. The van der Waals surface area contributed by atoms with Crippen LogP contribution in [0.2, 0.25) is 0 Å². The molecule has 0 aliphatic heterocycles. The maximum Gasteiger partial charge on any atom is 0.173 e. The van der Waals surface area contributed by atoms with Crippen LogP contribution in [0.4, 0.5) is 0 Å². The zero-order valence-electron chi connectivity index (χ0n) is 18.1. The number of aryl methyl sites for hydroxylation is 4. The average Bonchev–Trinajstić information content (AvgIpc) is 3.00. The maximum atomic E-state index is 13.0. The molecule has 1 unspecified atom stereocenters. The van der Waals surface area contributed by atoms with Crippen LogP contribution in [-0.4, -0.2) is 28.7 Å². The van der Waals surface area contributed by atoms with E-state index >= 15 is 0 Å². The summed E-state index contributed by atoms with van der Waals surface area (Å²) < 4.78 is 0. The van der Waals surface area contributed by atoms with E-state index in [9.17, 15) is 9.90 Å². The normalized spacial score (nSPS) is 22.3. The first kappa shape index (κ1) is 20.8. The third-order valence-corrected chi connectivity index (χ3v) is 8.52. The molecule has 3 nitrogen and oxygen atoms in total. The van der Waals surface area contributed by atoms with E-state index in [1.165, 1.54) is 21.6 Å². The number of hydrogen-bond acceptors (Lipinski definition) is 4. The lowest BCUT2D eigenvalue weighted by Crippen LogP contribution is -2.16. The Morgan fingerprint density at radius 2 is 1.90 bits per heavy atom. The van der Waals surface area contributed by atoms with Gasteiger partial charge in [0.25, 0.3) is 0 Å². The molecule has 1 aromatic carbocycles. The van der Waals surface area contributed by atoms with Gasteiger partial charge in [-0.3, -0.25) is 4.79 Å². The number of aliphatic hydroxyl groups is 2. The summed E-state index contributed by atoms with van der Waals surface area (Å²) in [5.74, 6) is 1.69. The quantitative estimate of drug-likeness (QED) is 0.649. The van der Waals surface area contributed by atoms with Gasteiger partial charge in [-0.05, 0) is 84.2 Å². The van der Waals surface area contributed by atoms with Crippen molar-refractivity contribution in [3.05, 3.63) is 55.3 Å². The van der Waals surface area contributed by atoms with Crippen LogP contribution in [0.15, 0.2) is 12.1 Å². The Hall–Kier alpha value is -1.49. The van der Waals surface area contributed by atoms with E-state index < -0.39 is 6.10 Å². The standard InChI is InChI=1S/C25H32O3S/c1-13-8-16(9-14(2)18(13)10-17(27)12-26)6-7-21(28)24-19-11-20-23(25(20,4)5)22(19)15(3)29-24/h8-9,17,20,23,26-27H,6-7,10-12H2,1-5H3/t17?,20-,23-/m1/s1. The lowest BCUT2D eigenvalue weighted by atomic mass is 9.92. The topological polar surface area (TPSA) is 57.5 Å². The van der Waals surface area contributed by atoms with Crippen LogP contribution in [0.3, 0.4) is 0 Å². The summed E-state index contributed by atoms with van der Waals surface area (Å²) in [5.41, 5.74) is 7.77. The average molecular weight is 413 g/mol.